The topological polar surface area (TPSA) is 38.3 Å². The first-order chi connectivity index (χ1) is 11.3. The van der Waals surface area contributed by atoms with Crippen LogP contribution in [0.5, 0.6) is 5.75 Å². The number of ether oxygens (including phenoxy) is 1. The summed E-state index contributed by atoms with van der Waals surface area (Å²) in [6.07, 6.45) is -5.15. The van der Waals surface area contributed by atoms with Gasteiger partial charge in [-0.05, 0) is 49.2 Å². The van der Waals surface area contributed by atoms with E-state index in [-0.39, 0.29) is 6.54 Å². The molecule has 2 aromatic carbocycles. The third-order valence-corrected chi connectivity index (χ3v) is 3.39. The van der Waals surface area contributed by atoms with Crippen molar-refractivity contribution in [3.8, 4) is 5.75 Å². The van der Waals surface area contributed by atoms with Gasteiger partial charge in [-0.25, -0.2) is 0 Å². The lowest BCUT2D eigenvalue weighted by molar-refractivity contribution is -0.137. The molecule has 1 amide bonds. The summed E-state index contributed by atoms with van der Waals surface area (Å²) in [4.78, 5) is 12.0. The van der Waals surface area contributed by atoms with Gasteiger partial charge in [-0.15, -0.1) is 0 Å². The molecule has 0 aliphatic heterocycles. The van der Waals surface area contributed by atoms with Crippen LogP contribution in [0, 0.1) is 6.92 Å². The first-order valence-corrected chi connectivity index (χ1v) is 7.43. The number of amides is 1. The highest BCUT2D eigenvalue weighted by molar-refractivity contribution is 5.80. The standard InChI is InChI=1S/C18H18F3NO2/c1-12-5-3-8-16(9-12)24-13(2)17(23)22-11-14-6-4-7-15(10-14)18(19,20)21/h3-10,13H,11H2,1-2H3,(H,22,23)/t13-/m0/s1. The summed E-state index contributed by atoms with van der Waals surface area (Å²) in [6, 6.07) is 12.1. The second-order valence-electron chi connectivity index (χ2n) is 5.49. The van der Waals surface area contributed by atoms with Crippen molar-refractivity contribution >= 4 is 5.91 Å². The number of hydrogen-bond donors (Lipinski definition) is 1. The van der Waals surface area contributed by atoms with Gasteiger partial charge in [0.15, 0.2) is 6.10 Å². The van der Waals surface area contributed by atoms with E-state index in [2.05, 4.69) is 5.32 Å². The first-order valence-electron chi connectivity index (χ1n) is 7.43. The Balaban J connectivity index is 1.93. The summed E-state index contributed by atoms with van der Waals surface area (Å²) >= 11 is 0. The number of aryl methyl sites for hydroxylation is 1. The predicted molar refractivity (Wildman–Crippen MR) is 84.6 cm³/mol. The van der Waals surface area contributed by atoms with Crippen LogP contribution in [0.4, 0.5) is 13.2 Å². The summed E-state index contributed by atoms with van der Waals surface area (Å²) in [5.41, 5.74) is 0.642. The van der Waals surface area contributed by atoms with E-state index in [0.717, 1.165) is 17.7 Å². The lowest BCUT2D eigenvalue weighted by Gasteiger charge is -2.15. The number of halogens is 3. The van der Waals surface area contributed by atoms with Gasteiger partial charge in [-0.1, -0.05) is 24.3 Å². The number of rotatable bonds is 5. The average molecular weight is 337 g/mol. The molecule has 0 unspecified atom stereocenters. The van der Waals surface area contributed by atoms with Gasteiger partial charge in [0.05, 0.1) is 5.56 Å². The van der Waals surface area contributed by atoms with E-state index >= 15 is 0 Å². The van der Waals surface area contributed by atoms with E-state index in [9.17, 15) is 18.0 Å². The van der Waals surface area contributed by atoms with Crippen molar-refractivity contribution in [2.45, 2.75) is 32.7 Å². The molecule has 1 N–H and O–H groups in total. The minimum atomic E-state index is -4.40. The minimum Gasteiger partial charge on any atom is -0.481 e. The van der Waals surface area contributed by atoms with E-state index in [4.69, 9.17) is 4.74 Å². The fourth-order valence-corrected chi connectivity index (χ4v) is 2.14. The van der Waals surface area contributed by atoms with Crippen molar-refractivity contribution in [2.24, 2.45) is 0 Å². The Bertz CT molecular complexity index is 713. The number of nitrogens with one attached hydrogen (secondary N) is 1. The molecule has 0 aromatic heterocycles. The molecule has 0 saturated carbocycles. The number of carbonyl (C=O) groups excluding carboxylic acids is 1. The maximum Gasteiger partial charge on any atom is 0.416 e. The third kappa shape index (κ3) is 5.01. The molecule has 0 spiro atoms. The molecular weight excluding hydrogens is 319 g/mol. The quantitative estimate of drug-likeness (QED) is 0.892. The van der Waals surface area contributed by atoms with E-state index < -0.39 is 23.8 Å². The molecule has 128 valence electrons. The Kier molecular flexibility index (Phi) is 5.49. The molecule has 0 heterocycles. The van der Waals surface area contributed by atoms with Crippen LogP contribution in [0.25, 0.3) is 0 Å². The Morgan fingerprint density at radius 3 is 2.54 bits per heavy atom. The zero-order valence-electron chi connectivity index (χ0n) is 13.4. The van der Waals surface area contributed by atoms with Crippen LogP contribution >= 0.6 is 0 Å². The maximum atomic E-state index is 12.7. The van der Waals surface area contributed by atoms with Crippen LogP contribution in [0.3, 0.4) is 0 Å². The third-order valence-electron chi connectivity index (χ3n) is 3.39. The van der Waals surface area contributed by atoms with Gasteiger partial charge < -0.3 is 10.1 Å². The molecule has 0 aliphatic rings. The zero-order valence-corrected chi connectivity index (χ0v) is 13.4. The van der Waals surface area contributed by atoms with Gasteiger partial charge in [0.2, 0.25) is 0 Å². The summed E-state index contributed by atoms with van der Waals surface area (Å²) in [7, 11) is 0. The SMILES string of the molecule is Cc1cccc(O[C@@H](C)C(=O)NCc2cccc(C(F)(F)F)c2)c1. The van der Waals surface area contributed by atoms with Gasteiger partial charge in [-0.3, -0.25) is 4.79 Å². The maximum absolute atomic E-state index is 12.7. The van der Waals surface area contributed by atoms with Gasteiger partial charge >= 0.3 is 6.18 Å². The van der Waals surface area contributed by atoms with E-state index in [1.54, 1.807) is 19.1 Å². The van der Waals surface area contributed by atoms with Gasteiger partial charge in [0, 0.05) is 6.54 Å². The molecule has 0 bridgehead atoms. The smallest absolute Gasteiger partial charge is 0.416 e. The molecule has 6 heteroatoms. The Morgan fingerprint density at radius 1 is 1.17 bits per heavy atom. The second kappa shape index (κ2) is 7.38. The fourth-order valence-electron chi connectivity index (χ4n) is 2.14. The molecular formula is C18H18F3NO2. The normalized spacial score (nSPS) is 12.5. The fraction of sp³-hybridized carbons (Fsp3) is 0.278. The van der Waals surface area contributed by atoms with Crippen molar-refractivity contribution in [1.82, 2.24) is 5.32 Å². The van der Waals surface area contributed by atoms with Crippen molar-refractivity contribution in [3.05, 3.63) is 65.2 Å². The average Bonchev–Trinajstić information content (AvgIpc) is 2.52. The molecule has 24 heavy (non-hydrogen) atoms. The van der Waals surface area contributed by atoms with Crippen molar-refractivity contribution < 1.29 is 22.7 Å². The van der Waals surface area contributed by atoms with E-state index in [0.29, 0.717) is 11.3 Å². The lowest BCUT2D eigenvalue weighted by atomic mass is 10.1. The summed E-state index contributed by atoms with van der Waals surface area (Å²) in [5, 5.41) is 2.58. The molecule has 0 saturated heterocycles. The highest BCUT2D eigenvalue weighted by Gasteiger charge is 2.30. The molecule has 0 aliphatic carbocycles. The van der Waals surface area contributed by atoms with E-state index in [1.807, 2.05) is 19.1 Å². The molecule has 3 nitrogen and oxygen atoms in total. The summed E-state index contributed by atoms with van der Waals surface area (Å²) in [5.74, 6) is 0.172. The first kappa shape index (κ1) is 17.8. The Labute approximate surface area is 138 Å². The Hall–Kier alpha value is -2.50. The van der Waals surface area contributed by atoms with Gasteiger partial charge in [0.25, 0.3) is 5.91 Å². The number of hydrogen-bond acceptors (Lipinski definition) is 2. The van der Waals surface area contributed by atoms with Crippen LogP contribution in [0.15, 0.2) is 48.5 Å². The second-order valence-corrected chi connectivity index (χ2v) is 5.49. The van der Waals surface area contributed by atoms with Crippen molar-refractivity contribution in [2.75, 3.05) is 0 Å². The molecule has 2 rings (SSSR count). The predicted octanol–water partition coefficient (Wildman–Crippen LogP) is 4.10. The number of benzene rings is 2. The monoisotopic (exact) mass is 337 g/mol. The number of carbonyl (C=O) groups is 1. The van der Waals surface area contributed by atoms with Gasteiger partial charge in [0.1, 0.15) is 5.75 Å². The zero-order chi connectivity index (χ0) is 17.7. The van der Waals surface area contributed by atoms with Crippen LogP contribution in [0.2, 0.25) is 0 Å². The highest BCUT2D eigenvalue weighted by Crippen LogP contribution is 2.29. The van der Waals surface area contributed by atoms with Crippen molar-refractivity contribution in [1.29, 1.82) is 0 Å². The van der Waals surface area contributed by atoms with E-state index in [1.165, 1.54) is 12.1 Å². The molecule has 2 aromatic rings. The van der Waals surface area contributed by atoms with Crippen LogP contribution in [-0.2, 0) is 17.5 Å². The molecule has 0 fully saturated rings. The Morgan fingerprint density at radius 2 is 1.88 bits per heavy atom. The van der Waals surface area contributed by atoms with Crippen LogP contribution < -0.4 is 10.1 Å². The number of alkyl halides is 3. The van der Waals surface area contributed by atoms with Gasteiger partial charge in [-0.2, -0.15) is 13.2 Å². The van der Waals surface area contributed by atoms with Crippen molar-refractivity contribution in [3.63, 3.8) is 0 Å². The molecule has 0 radical (unpaired) electrons. The van der Waals surface area contributed by atoms with Crippen LogP contribution in [-0.4, -0.2) is 12.0 Å². The van der Waals surface area contributed by atoms with Crippen LogP contribution in [0.1, 0.15) is 23.6 Å². The summed E-state index contributed by atoms with van der Waals surface area (Å²) < 4.78 is 43.5. The molecule has 1 atom stereocenters. The minimum absolute atomic E-state index is 0.00424. The summed E-state index contributed by atoms with van der Waals surface area (Å²) in [6.45, 7) is 3.50. The lowest BCUT2D eigenvalue weighted by Crippen LogP contribution is -2.35. The highest BCUT2D eigenvalue weighted by atomic mass is 19.4. The largest absolute Gasteiger partial charge is 0.481 e.